The highest BCUT2D eigenvalue weighted by Gasteiger charge is 2.02. The highest BCUT2D eigenvalue weighted by molar-refractivity contribution is 5.51. The molecule has 2 aromatic rings. The maximum absolute atomic E-state index is 5.57. The fourth-order valence-corrected chi connectivity index (χ4v) is 1.26. The molecule has 0 bridgehead atoms. The van der Waals surface area contributed by atoms with E-state index in [-0.39, 0.29) is 0 Å². The molecule has 0 aliphatic rings. The van der Waals surface area contributed by atoms with Gasteiger partial charge >= 0.3 is 0 Å². The summed E-state index contributed by atoms with van der Waals surface area (Å²) in [6.45, 7) is 2.09. The van der Waals surface area contributed by atoms with Crippen LogP contribution in [0.3, 0.4) is 0 Å². The number of aryl methyl sites for hydroxylation is 1. The minimum absolute atomic E-state index is 0.460. The van der Waals surface area contributed by atoms with E-state index in [1.807, 2.05) is 18.3 Å². The minimum atomic E-state index is 0.460. The maximum Gasteiger partial charge on any atom is 0.180 e. The van der Waals surface area contributed by atoms with E-state index in [4.69, 9.17) is 5.73 Å². The molecule has 0 saturated carbocycles. The average Bonchev–Trinajstić information content (AvgIpc) is 2.29. The molecule has 0 saturated heterocycles. The quantitative estimate of drug-likeness (QED) is 0.801. The summed E-state index contributed by atoms with van der Waals surface area (Å²) in [6.07, 6.45) is 4.44. The summed E-state index contributed by atoms with van der Waals surface area (Å²) in [5.74, 6) is 1.03. The van der Waals surface area contributed by atoms with Gasteiger partial charge in [-0.25, -0.2) is 9.97 Å². The summed E-state index contributed by atoms with van der Waals surface area (Å²) < 4.78 is 0. The van der Waals surface area contributed by atoms with Gasteiger partial charge in [0.05, 0.1) is 0 Å². The van der Waals surface area contributed by atoms with Gasteiger partial charge in [0.25, 0.3) is 0 Å². The number of hydrogen-bond acceptors (Lipinski definition) is 4. The van der Waals surface area contributed by atoms with E-state index >= 15 is 0 Å². The first-order valence-corrected chi connectivity index (χ1v) is 4.83. The van der Waals surface area contributed by atoms with Crippen molar-refractivity contribution in [2.24, 2.45) is 0 Å². The Morgan fingerprint density at radius 3 is 2.67 bits per heavy atom. The van der Waals surface area contributed by atoms with Crippen LogP contribution in [0.4, 0.5) is 5.82 Å². The molecule has 2 heterocycles. The third-order valence-corrected chi connectivity index (χ3v) is 2.14. The number of aromatic nitrogens is 3. The van der Waals surface area contributed by atoms with Crippen LogP contribution >= 0.6 is 0 Å². The van der Waals surface area contributed by atoms with E-state index in [9.17, 15) is 0 Å². The molecule has 0 aliphatic heterocycles. The van der Waals surface area contributed by atoms with Crippen molar-refractivity contribution in [2.45, 2.75) is 13.3 Å². The molecular weight excluding hydrogens is 188 g/mol. The van der Waals surface area contributed by atoms with E-state index in [1.54, 1.807) is 12.3 Å². The number of hydrogen-bond donors (Lipinski definition) is 1. The average molecular weight is 200 g/mol. The first-order chi connectivity index (χ1) is 7.29. The Labute approximate surface area is 88.2 Å². The summed E-state index contributed by atoms with van der Waals surface area (Å²) in [6, 6.07) is 5.59. The largest absolute Gasteiger partial charge is 0.384 e. The molecule has 4 heteroatoms. The first kappa shape index (κ1) is 9.58. The third-order valence-electron chi connectivity index (χ3n) is 2.14. The summed E-state index contributed by atoms with van der Waals surface area (Å²) in [7, 11) is 0. The molecule has 2 rings (SSSR count). The number of nitrogen functional groups attached to an aromatic ring is 1. The number of anilines is 1. The topological polar surface area (TPSA) is 64.7 Å². The zero-order valence-corrected chi connectivity index (χ0v) is 8.51. The van der Waals surface area contributed by atoms with Crippen molar-refractivity contribution in [3.05, 3.63) is 36.2 Å². The van der Waals surface area contributed by atoms with Crippen LogP contribution in [0.25, 0.3) is 11.5 Å². The lowest BCUT2D eigenvalue weighted by Gasteiger charge is -2.00. The van der Waals surface area contributed by atoms with Crippen molar-refractivity contribution in [1.82, 2.24) is 15.0 Å². The molecule has 2 aromatic heterocycles. The summed E-state index contributed by atoms with van der Waals surface area (Å²) in [4.78, 5) is 12.5. The molecule has 0 fully saturated rings. The third kappa shape index (κ3) is 2.10. The Hall–Kier alpha value is -1.97. The van der Waals surface area contributed by atoms with Gasteiger partial charge in [-0.15, -0.1) is 0 Å². The van der Waals surface area contributed by atoms with Gasteiger partial charge in [-0.1, -0.05) is 13.0 Å². The van der Waals surface area contributed by atoms with Crippen molar-refractivity contribution in [1.29, 1.82) is 0 Å². The molecule has 0 aromatic carbocycles. The Balaban J connectivity index is 2.37. The molecule has 0 amide bonds. The van der Waals surface area contributed by atoms with E-state index in [2.05, 4.69) is 21.9 Å². The molecule has 0 spiro atoms. The second-order valence-electron chi connectivity index (χ2n) is 3.21. The lowest BCUT2D eigenvalue weighted by atomic mass is 10.2. The SMILES string of the molecule is CCc1ccc(-c2nccc(N)n2)nc1. The lowest BCUT2D eigenvalue weighted by Crippen LogP contribution is -1.96. The molecule has 15 heavy (non-hydrogen) atoms. The Kier molecular flexibility index (Phi) is 2.58. The Morgan fingerprint density at radius 2 is 2.07 bits per heavy atom. The van der Waals surface area contributed by atoms with E-state index in [0.717, 1.165) is 12.1 Å². The van der Waals surface area contributed by atoms with Gasteiger partial charge in [0.15, 0.2) is 5.82 Å². The Bertz CT molecular complexity index is 450. The summed E-state index contributed by atoms with van der Waals surface area (Å²) in [5, 5.41) is 0. The van der Waals surface area contributed by atoms with Gasteiger partial charge in [-0.3, -0.25) is 4.98 Å². The van der Waals surface area contributed by atoms with Crippen molar-refractivity contribution < 1.29 is 0 Å². The van der Waals surface area contributed by atoms with Crippen LogP contribution in [0.15, 0.2) is 30.6 Å². The predicted molar refractivity (Wildman–Crippen MR) is 59.1 cm³/mol. The van der Waals surface area contributed by atoms with Crippen LogP contribution in [-0.4, -0.2) is 15.0 Å². The highest BCUT2D eigenvalue weighted by Crippen LogP contribution is 2.12. The molecule has 0 aliphatic carbocycles. The zero-order valence-electron chi connectivity index (χ0n) is 8.51. The van der Waals surface area contributed by atoms with Gasteiger partial charge in [0, 0.05) is 12.4 Å². The molecule has 2 N–H and O–H groups in total. The van der Waals surface area contributed by atoms with Gasteiger partial charge in [-0.2, -0.15) is 0 Å². The monoisotopic (exact) mass is 200 g/mol. The van der Waals surface area contributed by atoms with Crippen LogP contribution in [0.5, 0.6) is 0 Å². The van der Waals surface area contributed by atoms with Crippen LogP contribution < -0.4 is 5.73 Å². The highest BCUT2D eigenvalue weighted by atomic mass is 15.0. The van der Waals surface area contributed by atoms with Crippen LogP contribution in [0.1, 0.15) is 12.5 Å². The Morgan fingerprint density at radius 1 is 1.20 bits per heavy atom. The molecule has 4 nitrogen and oxygen atoms in total. The second kappa shape index (κ2) is 4.04. The normalized spacial score (nSPS) is 10.2. The lowest BCUT2D eigenvalue weighted by molar-refractivity contribution is 1.09. The van der Waals surface area contributed by atoms with Crippen molar-refractivity contribution in [3.8, 4) is 11.5 Å². The molecule has 76 valence electrons. The van der Waals surface area contributed by atoms with E-state index in [1.165, 1.54) is 5.56 Å². The van der Waals surface area contributed by atoms with Gasteiger partial charge in [-0.05, 0) is 24.1 Å². The fourth-order valence-electron chi connectivity index (χ4n) is 1.26. The molecule has 0 radical (unpaired) electrons. The number of rotatable bonds is 2. The minimum Gasteiger partial charge on any atom is -0.384 e. The predicted octanol–water partition coefficient (Wildman–Crippen LogP) is 1.68. The second-order valence-corrected chi connectivity index (χ2v) is 3.21. The van der Waals surface area contributed by atoms with Gasteiger partial charge in [0.2, 0.25) is 0 Å². The van der Waals surface area contributed by atoms with Crippen LogP contribution in [-0.2, 0) is 6.42 Å². The van der Waals surface area contributed by atoms with Crippen molar-refractivity contribution >= 4 is 5.82 Å². The van der Waals surface area contributed by atoms with Gasteiger partial charge < -0.3 is 5.73 Å². The molecular formula is C11H12N4. The van der Waals surface area contributed by atoms with Crippen LogP contribution in [0, 0.1) is 0 Å². The zero-order chi connectivity index (χ0) is 10.7. The molecule has 0 unspecified atom stereocenters. The number of pyridine rings is 1. The van der Waals surface area contributed by atoms with Crippen molar-refractivity contribution in [2.75, 3.05) is 5.73 Å². The molecule has 0 atom stereocenters. The number of nitrogens with two attached hydrogens (primary N) is 1. The van der Waals surface area contributed by atoms with E-state index < -0.39 is 0 Å². The standard InChI is InChI=1S/C11H12N4/c1-2-8-3-4-9(14-7-8)11-13-6-5-10(12)15-11/h3-7H,2H2,1H3,(H2,12,13,15). The maximum atomic E-state index is 5.57. The smallest absolute Gasteiger partial charge is 0.180 e. The summed E-state index contributed by atoms with van der Waals surface area (Å²) >= 11 is 0. The van der Waals surface area contributed by atoms with Crippen LogP contribution in [0.2, 0.25) is 0 Å². The number of nitrogens with zero attached hydrogens (tertiary/aromatic N) is 3. The fraction of sp³-hybridized carbons (Fsp3) is 0.182. The van der Waals surface area contributed by atoms with Crippen molar-refractivity contribution in [3.63, 3.8) is 0 Å². The van der Waals surface area contributed by atoms with Gasteiger partial charge in [0.1, 0.15) is 11.5 Å². The van der Waals surface area contributed by atoms with E-state index in [0.29, 0.717) is 11.6 Å². The summed E-state index contributed by atoms with van der Waals surface area (Å²) in [5.41, 5.74) is 7.52. The first-order valence-electron chi connectivity index (χ1n) is 4.83.